The van der Waals surface area contributed by atoms with Crippen molar-refractivity contribution in [3.63, 3.8) is 0 Å². The predicted octanol–water partition coefficient (Wildman–Crippen LogP) is 3.61. The largest absolute Gasteiger partial charge is 0.478 e. The number of rotatable bonds is 1. The van der Waals surface area contributed by atoms with E-state index in [2.05, 4.69) is 15.9 Å². The molecule has 2 aromatic carbocycles. The summed E-state index contributed by atoms with van der Waals surface area (Å²) < 4.78 is 0.832. The number of carbonyl (C=O) groups is 1. The van der Waals surface area contributed by atoms with Crippen LogP contribution in [0.3, 0.4) is 0 Å². The van der Waals surface area contributed by atoms with Crippen LogP contribution in [0, 0.1) is 6.92 Å². The van der Waals surface area contributed by atoms with Crippen molar-refractivity contribution in [3.05, 3.63) is 45.9 Å². The van der Waals surface area contributed by atoms with Gasteiger partial charge in [0.2, 0.25) is 0 Å². The van der Waals surface area contributed by atoms with Crippen molar-refractivity contribution >= 4 is 32.7 Å². The van der Waals surface area contributed by atoms with Crippen molar-refractivity contribution in [2.45, 2.75) is 6.92 Å². The number of carboxylic acids is 1. The summed E-state index contributed by atoms with van der Waals surface area (Å²) in [5, 5.41) is 10.9. The van der Waals surface area contributed by atoms with E-state index in [-0.39, 0.29) is 0 Å². The van der Waals surface area contributed by atoms with Crippen LogP contribution < -0.4 is 0 Å². The standard InChI is InChI=1S/C12H9BrO2/c1-7-10(13)6-8-4-2-3-5-9(8)11(7)12(14)15/h2-6H,1H3,(H,14,15). The Morgan fingerprint density at radius 3 is 2.67 bits per heavy atom. The van der Waals surface area contributed by atoms with Crippen molar-refractivity contribution in [2.75, 3.05) is 0 Å². The first-order valence-electron chi connectivity index (χ1n) is 4.52. The SMILES string of the molecule is Cc1c(Br)cc2ccccc2c1C(=O)O. The van der Waals surface area contributed by atoms with E-state index >= 15 is 0 Å². The molecule has 1 N–H and O–H groups in total. The molecule has 0 radical (unpaired) electrons. The first kappa shape index (κ1) is 10.2. The zero-order valence-electron chi connectivity index (χ0n) is 8.12. The van der Waals surface area contributed by atoms with Crippen molar-refractivity contribution in [1.82, 2.24) is 0 Å². The predicted molar refractivity (Wildman–Crippen MR) is 63.3 cm³/mol. The topological polar surface area (TPSA) is 37.3 Å². The molecule has 0 heterocycles. The first-order chi connectivity index (χ1) is 7.11. The average Bonchev–Trinajstić information content (AvgIpc) is 2.19. The van der Waals surface area contributed by atoms with Crippen LogP contribution in [0.5, 0.6) is 0 Å². The quantitative estimate of drug-likeness (QED) is 0.855. The van der Waals surface area contributed by atoms with Crippen LogP contribution in [0.15, 0.2) is 34.8 Å². The molecule has 0 unspecified atom stereocenters. The van der Waals surface area contributed by atoms with Crippen molar-refractivity contribution in [3.8, 4) is 0 Å². The van der Waals surface area contributed by atoms with Crippen LogP contribution in [0.2, 0.25) is 0 Å². The Balaban J connectivity index is 2.95. The normalized spacial score (nSPS) is 10.5. The van der Waals surface area contributed by atoms with Gasteiger partial charge in [0.25, 0.3) is 0 Å². The Bertz CT molecular complexity index is 547. The lowest BCUT2D eigenvalue weighted by Gasteiger charge is -2.08. The summed E-state index contributed by atoms with van der Waals surface area (Å²) in [6.45, 7) is 1.81. The van der Waals surface area contributed by atoms with Gasteiger partial charge in [-0.1, -0.05) is 40.2 Å². The van der Waals surface area contributed by atoms with E-state index in [4.69, 9.17) is 5.11 Å². The molecule has 2 rings (SSSR count). The van der Waals surface area contributed by atoms with Gasteiger partial charge in [-0.25, -0.2) is 4.79 Å². The van der Waals surface area contributed by atoms with Gasteiger partial charge >= 0.3 is 5.97 Å². The second-order valence-electron chi connectivity index (χ2n) is 3.38. The van der Waals surface area contributed by atoms with Gasteiger partial charge in [0.1, 0.15) is 0 Å². The summed E-state index contributed by atoms with van der Waals surface area (Å²) in [5.41, 5.74) is 1.14. The van der Waals surface area contributed by atoms with E-state index in [9.17, 15) is 4.79 Å². The van der Waals surface area contributed by atoms with Crippen LogP contribution in [0.25, 0.3) is 10.8 Å². The lowest BCUT2D eigenvalue weighted by atomic mass is 10.00. The minimum Gasteiger partial charge on any atom is -0.478 e. The molecule has 0 fully saturated rings. The molecule has 0 saturated heterocycles. The van der Waals surface area contributed by atoms with E-state index in [1.54, 1.807) is 6.92 Å². The fraction of sp³-hybridized carbons (Fsp3) is 0.0833. The van der Waals surface area contributed by atoms with E-state index < -0.39 is 5.97 Å². The Labute approximate surface area is 95.7 Å². The number of benzene rings is 2. The number of hydrogen-bond donors (Lipinski definition) is 1. The molecule has 0 amide bonds. The molecule has 0 bridgehead atoms. The summed E-state index contributed by atoms with van der Waals surface area (Å²) >= 11 is 3.37. The van der Waals surface area contributed by atoms with Crippen LogP contribution in [-0.2, 0) is 0 Å². The smallest absolute Gasteiger partial charge is 0.336 e. The summed E-state index contributed by atoms with van der Waals surface area (Å²) in [7, 11) is 0. The lowest BCUT2D eigenvalue weighted by Crippen LogP contribution is -2.01. The highest BCUT2D eigenvalue weighted by atomic mass is 79.9. The number of halogens is 1. The van der Waals surface area contributed by atoms with Crippen molar-refractivity contribution < 1.29 is 9.90 Å². The fourth-order valence-electron chi connectivity index (χ4n) is 1.69. The van der Waals surface area contributed by atoms with Gasteiger partial charge in [-0.3, -0.25) is 0 Å². The third-order valence-corrected chi connectivity index (χ3v) is 3.28. The van der Waals surface area contributed by atoms with Gasteiger partial charge in [0.05, 0.1) is 5.56 Å². The zero-order valence-corrected chi connectivity index (χ0v) is 9.71. The van der Waals surface area contributed by atoms with E-state index in [1.165, 1.54) is 0 Å². The number of carboxylic acid groups (broad SMARTS) is 1. The summed E-state index contributed by atoms with van der Waals surface area (Å²) in [6, 6.07) is 9.43. The molecular weight excluding hydrogens is 256 g/mol. The Kier molecular flexibility index (Phi) is 2.49. The third kappa shape index (κ3) is 1.63. The average molecular weight is 265 g/mol. The maximum atomic E-state index is 11.2. The molecule has 0 aromatic heterocycles. The summed E-state index contributed by atoms with van der Waals surface area (Å²) in [4.78, 5) is 11.2. The third-order valence-electron chi connectivity index (χ3n) is 2.46. The Hall–Kier alpha value is -1.35. The molecular formula is C12H9BrO2. The van der Waals surface area contributed by atoms with E-state index in [0.717, 1.165) is 20.8 Å². The fourth-order valence-corrected chi connectivity index (χ4v) is 2.14. The monoisotopic (exact) mass is 264 g/mol. The van der Waals surface area contributed by atoms with Crippen LogP contribution in [0.4, 0.5) is 0 Å². The molecule has 0 aliphatic carbocycles. The molecule has 2 aromatic rings. The maximum Gasteiger partial charge on any atom is 0.336 e. The zero-order chi connectivity index (χ0) is 11.0. The molecule has 2 nitrogen and oxygen atoms in total. The van der Waals surface area contributed by atoms with E-state index in [0.29, 0.717) is 5.56 Å². The van der Waals surface area contributed by atoms with Crippen LogP contribution >= 0.6 is 15.9 Å². The molecule has 3 heteroatoms. The van der Waals surface area contributed by atoms with Crippen LogP contribution in [0.1, 0.15) is 15.9 Å². The second kappa shape index (κ2) is 3.66. The van der Waals surface area contributed by atoms with Crippen molar-refractivity contribution in [1.29, 1.82) is 0 Å². The van der Waals surface area contributed by atoms with E-state index in [1.807, 2.05) is 30.3 Å². The molecule has 15 heavy (non-hydrogen) atoms. The van der Waals surface area contributed by atoms with Crippen LogP contribution in [-0.4, -0.2) is 11.1 Å². The first-order valence-corrected chi connectivity index (χ1v) is 5.31. The number of aromatic carboxylic acids is 1. The second-order valence-corrected chi connectivity index (χ2v) is 4.24. The highest BCUT2D eigenvalue weighted by Crippen LogP contribution is 2.28. The molecule has 0 spiro atoms. The summed E-state index contributed by atoms with van der Waals surface area (Å²) in [6.07, 6.45) is 0. The minimum absolute atomic E-state index is 0.375. The molecule has 0 aliphatic heterocycles. The Morgan fingerprint density at radius 1 is 1.33 bits per heavy atom. The van der Waals surface area contributed by atoms with Crippen molar-refractivity contribution in [2.24, 2.45) is 0 Å². The number of fused-ring (bicyclic) bond motifs is 1. The highest BCUT2D eigenvalue weighted by molar-refractivity contribution is 9.10. The lowest BCUT2D eigenvalue weighted by molar-refractivity contribution is 0.0698. The van der Waals surface area contributed by atoms with Gasteiger partial charge in [-0.2, -0.15) is 0 Å². The van der Waals surface area contributed by atoms with Gasteiger partial charge in [-0.05, 0) is 29.3 Å². The maximum absolute atomic E-state index is 11.2. The van der Waals surface area contributed by atoms with Gasteiger partial charge in [-0.15, -0.1) is 0 Å². The highest BCUT2D eigenvalue weighted by Gasteiger charge is 2.13. The Morgan fingerprint density at radius 2 is 2.00 bits per heavy atom. The number of hydrogen-bond acceptors (Lipinski definition) is 1. The molecule has 0 saturated carbocycles. The van der Waals surface area contributed by atoms with Gasteiger partial charge in [0.15, 0.2) is 0 Å². The van der Waals surface area contributed by atoms with Gasteiger partial charge in [0, 0.05) is 4.47 Å². The van der Waals surface area contributed by atoms with Gasteiger partial charge < -0.3 is 5.11 Å². The molecule has 0 atom stereocenters. The molecule has 0 aliphatic rings. The molecule has 76 valence electrons. The summed E-state index contributed by atoms with van der Waals surface area (Å²) in [5.74, 6) is -0.884. The minimum atomic E-state index is -0.884.